The molecule has 18 heavy (non-hydrogen) atoms. The average molecular weight is 260 g/mol. The normalized spacial score (nSPS) is 11.0. The van der Waals surface area contributed by atoms with Crippen molar-refractivity contribution in [2.75, 3.05) is 0 Å². The summed E-state index contributed by atoms with van der Waals surface area (Å²) in [7, 11) is 0. The highest BCUT2D eigenvalue weighted by atomic mass is 35.5. The molecule has 0 radical (unpaired) electrons. The summed E-state index contributed by atoms with van der Waals surface area (Å²) in [6.07, 6.45) is 2.02. The molecule has 3 rings (SSSR count). The molecule has 0 amide bonds. The molecule has 0 bridgehead atoms. The lowest BCUT2D eigenvalue weighted by Crippen LogP contribution is -1.98. The second kappa shape index (κ2) is 4.46. The average Bonchev–Trinajstić information content (AvgIpc) is 2.76. The minimum atomic E-state index is -0.305. The summed E-state index contributed by atoms with van der Waals surface area (Å²) in [5.74, 6) is -0.305. The van der Waals surface area contributed by atoms with Crippen molar-refractivity contribution in [2.45, 2.75) is 6.54 Å². The molecule has 0 atom stereocenters. The molecule has 3 aromatic rings. The van der Waals surface area contributed by atoms with Gasteiger partial charge in [-0.25, -0.2) is 4.39 Å². The van der Waals surface area contributed by atoms with Crippen molar-refractivity contribution >= 4 is 22.5 Å². The molecule has 2 aromatic carbocycles. The molecular formula is C15H11ClFN. The monoisotopic (exact) mass is 259 g/mol. The van der Waals surface area contributed by atoms with Crippen LogP contribution < -0.4 is 0 Å². The largest absolute Gasteiger partial charge is 0.343 e. The third kappa shape index (κ3) is 2.00. The van der Waals surface area contributed by atoms with Crippen molar-refractivity contribution in [3.05, 3.63) is 71.1 Å². The molecule has 0 saturated carbocycles. The number of halogens is 2. The Balaban J connectivity index is 2.01. The number of fused-ring (bicyclic) bond motifs is 1. The first kappa shape index (κ1) is 11.3. The molecule has 0 aliphatic rings. The van der Waals surface area contributed by atoms with Gasteiger partial charge in [-0.05, 0) is 35.2 Å². The second-order valence-electron chi connectivity index (χ2n) is 4.24. The molecule has 0 fully saturated rings. The van der Waals surface area contributed by atoms with E-state index in [9.17, 15) is 4.39 Å². The first-order valence-corrected chi connectivity index (χ1v) is 6.09. The molecule has 3 heteroatoms. The highest BCUT2D eigenvalue weighted by molar-refractivity contribution is 6.31. The van der Waals surface area contributed by atoms with Crippen LogP contribution in [0.25, 0.3) is 10.9 Å². The minimum Gasteiger partial charge on any atom is -0.343 e. The lowest BCUT2D eigenvalue weighted by atomic mass is 10.2. The predicted molar refractivity (Wildman–Crippen MR) is 72.5 cm³/mol. The lowest BCUT2D eigenvalue weighted by molar-refractivity contribution is 0.626. The Labute approximate surface area is 109 Å². The number of nitrogens with zero attached hydrogens (tertiary/aromatic N) is 1. The van der Waals surface area contributed by atoms with E-state index >= 15 is 0 Å². The zero-order chi connectivity index (χ0) is 12.5. The van der Waals surface area contributed by atoms with Gasteiger partial charge in [-0.2, -0.15) is 0 Å². The van der Waals surface area contributed by atoms with Crippen LogP contribution in [-0.4, -0.2) is 4.57 Å². The van der Waals surface area contributed by atoms with Gasteiger partial charge in [0.05, 0.1) is 0 Å². The zero-order valence-corrected chi connectivity index (χ0v) is 10.4. The topological polar surface area (TPSA) is 4.93 Å². The number of aromatic nitrogens is 1. The Bertz CT molecular complexity index is 703. The second-order valence-corrected chi connectivity index (χ2v) is 4.65. The first-order valence-electron chi connectivity index (χ1n) is 5.72. The van der Waals surface area contributed by atoms with Gasteiger partial charge in [0.1, 0.15) is 5.82 Å². The van der Waals surface area contributed by atoms with Crippen molar-refractivity contribution in [3.63, 3.8) is 0 Å². The maximum Gasteiger partial charge on any atom is 0.124 e. The van der Waals surface area contributed by atoms with E-state index in [-0.39, 0.29) is 5.82 Å². The van der Waals surface area contributed by atoms with Crippen LogP contribution in [0.1, 0.15) is 5.56 Å². The molecule has 0 unspecified atom stereocenters. The van der Waals surface area contributed by atoms with Crippen LogP contribution in [0, 0.1) is 5.82 Å². The summed E-state index contributed by atoms with van der Waals surface area (Å²) in [6.45, 7) is 0.645. The van der Waals surface area contributed by atoms with Gasteiger partial charge in [0.15, 0.2) is 0 Å². The number of hydrogen-bond acceptors (Lipinski definition) is 0. The van der Waals surface area contributed by atoms with E-state index in [2.05, 4.69) is 22.8 Å². The summed E-state index contributed by atoms with van der Waals surface area (Å²) in [6, 6.07) is 14.7. The van der Waals surface area contributed by atoms with Crippen molar-refractivity contribution < 1.29 is 4.39 Å². The maximum atomic E-state index is 13.0. The smallest absolute Gasteiger partial charge is 0.124 e. The number of para-hydroxylation sites is 1. The van der Waals surface area contributed by atoms with Crippen LogP contribution in [-0.2, 0) is 6.54 Å². The summed E-state index contributed by atoms with van der Waals surface area (Å²) >= 11 is 6.04. The fraction of sp³-hybridized carbons (Fsp3) is 0.0667. The molecule has 0 spiro atoms. The number of benzene rings is 2. The van der Waals surface area contributed by atoms with E-state index in [0.717, 1.165) is 11.1 Å². The quantitative estimate of drug-likeness (QED) is 0.639. The highest BCUT2D eigenvalue weighted by Crippen LogP contribution is 2.21. The van der Waals surface area contributed by atoms with Gasteiger partial charge in [-0.1, -0.05) is 35.9 Å². The van der Waals surface area contributed by atoms with Gasteiger partial charge in [0, 0.05) is 23.3 Å². The summed E-state index contributed by atoms with van der Waals surface area (Å²) in [5.41, 5.74) is 2.07. The van der Waals surface area contributed by atoms with Crippen LogP contribution >= 0.6 is 11.6 Å². The lowest BCUT2D eigenvalue weighted by Gasteiger charge is -2.07. The molecular weight excluding hydrogens is 249 g/mol. The van der Waals surface area contributed by atoms with Gasteiger partial charge in [0.25, 0.3) is 0 Å². The highest BCUT2D eigenvalue weighted by Gasteiger charge is 2.05. The van der Waals surface area contributed by atoms with Crippen LogP contribution in [0.3, 0.4) is 0 Å². The number of hydrogen-bond donors (Lipinski definition) is 0. The molecule has 1 heterocycles. The van der Waals surface area contributed by atoms with E-state index in [1.54, 1.807) is 6.07 Å². The first-order chi connectivity index (χ1) is 8.74. The van der Waals surface area contributed by atoms with E-state index in [4.69, 9.17) is 11.6 Å². The molecule has 1 aromatic heterocycles. The Kier molecular flexibility index (Phi) is 2.80. The Morgan fingerprint density at radius 3 is 2.72 bits per heavy atom. The molecule has 0 saturated heterocycles. The number of rotatable bonds is 2. The van der Waals surface area contributed by atoms with Crippen molar-refractivity contribution in [3.8, 4) is 0 Å². The van der Waals surface area contributed by atoms with Gasteiger partial charge < -0.3 is 4.57 Å². The van der Waals surface area contributed by atoms with Gasteiger partial charge >= 0.3 is 0 Å². The molecule has 0 N–H and O–H groups in total. The van der Waals surface area contributed by atoms with Gasteiger partial charge in [0.2, 0.25) is 0 Å². The summed E-state index contributed by atoms with van der Waals surface area (Å²) in [5, 5.41) is 1.66. The Morgan fingerprint density at radius 2 is 1.89 bits per heavy atom. The fourth-order valence-corrected chi connectivity index (χ4v) is 2.34. The third-order valence-corrected chi connectivity index (χ3v) is 3.39. The van der Waals surface area contributed by atoms with Crippen molar-refractivity contribution in [1.29, 1.82) is 0 Å². The van der Waals surface area contributed by atoms with Crippen LogP contribution in [0.2, 0.25) is 5.02 Å². The van der Waals surface area contributed by atoms with E-state index in [1.807, 2.05) is 18.3 Å². The Morgan fingerprint density at radius 1 is 1.06 bits per heavy atom. The van der Waals surface area contributed by atoms with E-state index in [0.29, 0.717) is 11.6 Å². The van der Waals surface area contributed by atoms with Crippen LogP contribution in [0.5, 0.6) is 0 Å². The van der Waals surface area contributed by atoms with E-state index < -0.39 is 0 Å². The molecule has 90 valence electrons. The molecule has 1 nitrogen and oxygen atoms in total. The standard InChI is InChI=1S/C15H11ClFN/c16-14-9-13(17)6-5-12(14)10-18-8-7-11-3-1-2-4-15(11)18/h1-9H,10H2. The molecule has 0 aliphatic heterocycles. The van der Waals surface area contributed by atoms with Crippen molar-refractivity contribution in [2.24, 2.45) is 0 Å². The third-order valence-electron chi connectivity index (χ3n) is 3.04. The van der Waals surface area contributed by atoms with Gasteiger partial charge in [-0.15, -0.1) is 0 Å². The van der Waals surface area contributed by atoms with Crippen LogP contribution in [0.4, 0.5) is 4.39 Å². The van der Waals surface area contributed by atoms with E-state index in [1.165, 1.54) is 17.5 Å². The van der Waals surface area contributed by atoms with Crippen molar-refractivity contribution in [1.82, 2.24) is 4.57 Å². The predicted octanol–water partition coefficient (Wildman–Crippen LogP) is 4.48. The van der Waals surface area contributed by atoms with Gasteiger partial charge in [-0.3, -0.25) is 0 Å². The summed E-state index contributed by atoms with van der Waals surface area (Å²) < 4.78 is 15.1. The SMILES string of the molecule is Fc1ccc(Cn2ccc3ccccc32)c(Cl)c1. The maximum absolute atomic E-state index is 13.0. The van der Waals surface area contributed by atoms with Crippen LogP contribution in [0.15, 0.2) is 54.7 Å². The zero-order valence-electron chi connectivity index (χ0n) is 9.61. The molecule has 0 aliphatic carbocycles. The fourth-order valence-electron chi connectivity index (χ4n) is 2.11. The Hall–Kier alpha value is -1.80. The summed E-state index contributed by atoms with van der Waals surface area (Å²) in [4.78, 5) is 0. The minimum absolute atomic E-state index is 0.305.